The van der Waals surface area contributed by atoms with Crippen LogP contribution in [0.15, 0.2) is 30.3 Å². The highest BCUT2D eigenvalue weighted by atomic mass is 16.2. The van der Waals surface area contributed by atoms with Gasteiger partial charge in [0.25, 0.3) is 0 Å². The fraction of sp³-hybridized carbons (Fsp3) is 0.667. The molecule has 1 aliphatic heterocycles. The molecule has 0 bridgehead atoms. The van der Waals surface area contributed by atoms with Crippen LogP contribution < -0.4 is 5.73 Å². The van der Waals surface area contributed by atoms with Crippen molar-refractivity contribution in [2.24, 2.45) is 17.1 Å². The molecule has 1 unspecified atom stereocenters. The summed E-state index contributed by atoms with van der Waals surface area (Å²) in [6.07, 6.45) is 2.81. The summed E-state index contributed by atoms with van der Waals surface area (Å²) < 4.78 is 0. The number of nitrogens with two attached hydrogens (primary N) is 1. The number of carbonyl (C=O) groups excluding carboxylic acids is 1. The van der Waals surface area contributed by atoms with E-state index in [1.165, 1.54) is 12.0 Å². The number of hydrogen-bond donors (Lipinski definition) is 1. The molecule has 0 radical (unpaired) electrons. The Bertz CT molecular complexity index is 519. The van der Waals surface area contributed by atoms with Crippen LogP contribution in [-0.4, -0.2) is 48.4 Å². The van der Waals surface area contributed by atoms with Crippen molar-refractivity contribution >= 4 is 5.91 Å². The second kappa shape index (κ2) is 9.35. The fourth-order valence-electron chi connectivity index (χ4n) is 3.98. The molecule has 1 fully saturated rings. The van der Waals surface area contributed by atoms with E-state index in [-0.39, 0.29) is 11.3 Å². The zero-order valence-corrected chi connectivity index (χ0v) is 16.2. The molecular formula is C21H35N3O. The van der Waals surface area contributed by atoms with Crippen molar-refractivity contribution in [3.8, 4) is 0 Å². The van der Waals surface area contributed by atoms with Crippen LogP contribution in [0.1, 0.15) is 45.6 Å². The van der Waals surface area contributed by atoms with Gasteiger partial charge in [-0.2, -0.15) is 0 Å². The van der Waals surface area contributed by atoms with Gasteiger partial charge in [-0.25, -0.2) is 0 Å². The fourth-order valence-corrected chi connectivity index (χ4v) is 3.98. The summed E-state index contributed by atoms with van der Waals surface area (Å²) in [7, 11) is 0. The molecule has 1 amide bonds. The number of carbonyl (C=O) groups is 1. The third kappa shape index (κ3) is 4.83. The molecule has 2 N–H and O–H groups in total. The van der Waals surface area contributed by atoms with Crippen molar-refractivity contribution in [1.29, 1.82) is 0 Å². The van der Waals surface area contributed by atoms with E-state index < -0.39 is 0 Å². The number of hydrogen-bond acceptors (Lipinski definition) is 3. The summed E-state index contributed by atoms with van der Waals surface area (Å²) in [5, 5.41) is 0. The Labute approximate surface area is 153 Å². The van der Waals surface area contributed by atoms with Gasteiger partial charge in [-0.15, -0.1) is 0 Å². The van der Waals surface area contributed by atoms with Gasteiger partial charge in [0.05, 0.1) is 5.41 Å². The summed E-state index contributed by atoms with van der Waals surface area (Å²) in [5.74, 6) is 0.820. The van der Waals surface area contributed by atoms with Gasteiger partial charge in [0.2, 0.25) is 5.91 Å². The first-order valence-corrected chi connectivity index (χ1v) is 9.84. The molecule has 1 heterocycles. The minimum atomic E-state index is -0.377. The topological polar surface area (TPSA) is 49.6 Å². The maximum atomic E-state index is 13.1. The van der Waals surface area contributed by atoms with Gasteiger partial charge in [-0.3, -0.25) is 9.69 Å². The average Bonchev–Trinajstić information content (AvgIpc) is 3.09. The Morgan fingerprint density at radius 3 is 2.48 bits per heavy atom. The second-order valence-electron chi connectivity index (χ2n) is 7.41. The minimum absolute atomic E-state index is 0.254. The lowest BCUT2D eigenvalue weighted by Crippen LogP contribution is -2.49. The predicted molar refractivity (Wildman–Crippen MR) is 104 cm³/mol. The molecule has 1 atom stereocenters. The van der Waals surface area contributed by atoms with Crippen molar-refractivity contribution in [3.05, 3.63) is 35.9 Å². The van der Waals surface area contributed by atoms with Crippen LogP contribution >= 0.6 is 0 Å². The molecular weight excluding hydrogens is 310 g/mol. The molecule has 140 valence electrons. The number of likely N-dealkylation sites (tertiary alicyclic amines) is 1. The zero-order valence-electron chi connectivity index (χ0n) is 16.2. The van der Waals surface area contributed by atoms with Gasteiger partial charge < -0.3 is 10.6 Å². The highest BCUT2D eigenvalue weighted by Gasteiger charge is 2.37. The highest BCUT2D eigenvalue weighted by molar-refractivity contribution is 5.83. The average molecular weight is 346 g/mol. The smallest absolute Gasteiger partial charge is 0.230 e. The highest BCUT2D eigenvalue weighted by Crippen LogP contribution is 2.29. The van der Waals surface area contributed by atoms with Gasteiger partial charge in [-0.1, -0.05) is 44.2 Å². The summed E-state index contributed by atoms with van der Waals surface area (Å²) in [6, 6.07) is 10.6. The van der Waals surface area contributed by atoms with E-state index in [4.69, 9.17) is 5.73 Å². The number of benzene rings is 1. The molecule has 0 aromatic heterocycles. The van der Waals surface area contributed by atoms with E-state index in [1.54, 1.807) is 0 Å². The van der Waals surface area contributed by atoms with Crippen LogP contribution in [0.2, 0.25) is 0 Å². The first-order valence-electron chi connectivity index (χ1n) is 9.84. The molecule has 4 heteroatoms. The van der Waals surface area contributed by atoms with Crippen molar-refractivity contribution < 1.29 is 4.79 Å². The molecule has 0 aliphatic carbocycles. The van der Waals surface area contributed by atoms with Crippen molar-refractivity contribution in [2.45, 2.75) is 46.6 Å². The Hall–Kier alpha value is -1.39. The summed E-state index contributed by atoms with van der Waals surface area (Å²) in [5.41, 5.74) is 6.97. The lowest BCUT2D eigenvalue weighted by molar-refractivity contribution is -0.142. The summed E-state index contributed by atoms with van der Waals surface area (Å²) in [4.78, 5) is 17.6. The van der Waals surface area contributed by atoms with Crippen LogP contribution in [0, 0.1) is 11.3 Å². The molecule has 0 saturated carbocycles. The van der Waals surface area contributed by atoms with Crippen LogP contribution in [-0.2, 0) is 11.3 Å². The molecule has 1 aliphatic rings. The van der Waals surface area contributed by atoms with Gasteiger partial charge in [-0.05, 0) is 44.2 Å². The molecule has 2 rings (SSSR count). The number of rotatable bonds is 9. The first-order chi connectivity index (χ1) is 12.1. The van der Waals surface area contributed by atoms with Gasteiger partial charge >= 0.3 is 0 Å². The molecule has 1 aromatic carbocycles. The quantitative estimate of drug-likeness (QED) is 0.748. The van der Waals surface area contributed by atoms with Crippen molar-refractivity contribution in [1.82, 2.24) is 9.80 Å². The Balaban J connectivity index is 1.92. The molecule has 4 nitrogen and oxygen atoms in total. The molecule has 0 spiro atoms. The third-order valence-electron chi connectivity index (χ3n) is 5.96. The van der Waals surface area contributed by atoms with Crippen LogP contribution in [0.4, 0.5) is 0 Å². The van der Waals surface area contributed by atoms with E-state index in [0.717, 1.165) is 45.6 Å². The van der Waals surface area contributed by atoms with Crippen LogP contribution in [0.3, 0.4) is 0 Å². The van der Waals surface area contributed by atoms with E-state index in [1.807, 2.05) is 0 Å². The summed E-state index contributed by atoms with van der Waals surface area (Å²) in [6.45, 7) is 11.5. The van der Waals surface area contributed by atoms with E-state index >= 15 is 0 Å². The summed E-state index contributed by atoms with van der Waals surface area (Å²) >= 11 is 0. The van der Waals surface area contributed by atoms with Crippen LogP contribution in [0.5, 0.6) is 0 Å². The minimum Gasteiger partial charge on any atom is -0.342 e. The van der Waals surface area contributed by atoms with E-state index in [2.05, 4.69) is 60.9 Å². The Morgan fingerprint density at radius 1 is 1.24 bits per heavy atom. The first kappa shape index (κ1) is 19.9. The SMILES string of the molecule is CCN(CC1CCN(Cc2ccccc2)C1)C(=O)C(CC)(CC)CN. The monoisotopic (exact) mass is 345 g/mol. The normalized spacial score (nSPS) is 18.5. The van der Waals surface area contributed by atoms with Gasteiger partial charge in [0.15, 0.2) is 0 Å². The van der Waals surface area contributed by atoms with Crippen LogP contribution in [0.25, 0.3) is 0 Å². The third-order valence-corrected chi connectivity index (χ3v) is 5.96. The standard InChI is InChI=1S/C21H35N3O/c1-4-21(5-2,17-22)20(25)24(6-3)16-19-12-13-23(15-19)14-18-10-8-7-9-11-18/h7-11,19H,4-6,12-17,22H2,1-3H3. The zero-order chi connectivity index (χ0) is 18.3. The largest absolute Gasteiger partial charge is 0.342 e. The predicted octanol–water partition coefficient (Wildman–Crippen LogP) is 3.12. The van der Waals surface area contributed by atoms with E-state index in [9.17, 15) is 4.79 Å². The van der Waals surface area contributed by atoms with Gasteiger partial charge in [0, 0.05) is 32.7 Å². The molecule has 1 saturated heterocycles. The number of nitrogens with zero attached hydrogens (tertiary/aromatic N) is 2. The van der Waals surface area contributed by atoms with Gasteiger partial charge in [0.1, 0.15) is 0 Å². The molecule has 1 aromatic rings. The Kier molecular flexibility index (Phi) is 7.45. The maximum Gasteiger partial charge on any atom is 0.230 e. The lowest BCUT2D eigenvalue weighted by atomic mass is 9.80. The maximum absolute atomic E-state index is 13.1. The van der Waals surface area contributed by atoms with E-state index in [0.29, 0.717) is 12.5 Å². The lowest BCUT2D eigenvalue weighted by Gasteiger charge is -2.36. The van der Waals surface area contributed by atoms with Crippen molar-refractivity contribution in [2.75, 3.05) is 32.7 Å². The molecule has 25 heavy (non-hydrogen) atoms. The number of amides is 1. The van der Waals surface area contributed by atoms with Crippen molar-refractivity contribution in [3.63, 3.8) is 0 Å². The second-order valence-corrected chi connectivity index (χ2v) is 7.41. The Morgan fingerprint density at radius 2 is 1.92 bits per heavy atom.